The Morgan fingerprint density at radius 1 is 1.56 bits per heavy atom. The molecule has 4 N–H and O–H groups in total. The fourth-order valence-corrected chi connectivity index (χ4v) is 2.19. The molecule has 1 fully saturated rings. The van der Waals surface area contributed by atoms with Gasteiger partial charge in [-0.1, -0.05) is 12.8 Å². The second kappa shape index (κ2) is 4.65. The molecule has 1 aromatic rings. The number of aromatic nitrogens is 2. The number of H-pyrrole nitrogens is 1. The second-order valence-corrected chi connectivity index (χ2v) is 4.48. The lowest BCUT2D eigenvalue weighted by Crippen LogP contribution is -2.40. The van der Waals surface area contributed by atoms with Gasteiger partial charge in [-0.25, -0.2) is 0 Å². The predicted octanol–water partition coefficient (Wildman–Crippen LogP) is 1.17. The largest absolute Gasteiger partial charge is 0.327 e. The highest BCUT2D eigenvalue weighted by Gasteiger charge is 2.28. The minimum absolute atomic E-state index is 0.00120. The van der Waals surface area contributed by atoms with E-state index in [2.05, 4.69) is 15.5 Å². The summed E-state index contributed by atoms with van der Waals surface area (Å²) in [7, 11) is 0. The molecule has 0 aliphatic heterocycles. The van der Waals surface area contributed by atoms with E-state index in [0.717, 1.165) is 31.4 Å². The summed E-state index contributed by atoms with van der Waals surface area (Å²) in [6.07, 6.45) is 4.05. The molecule has 1 heterocycles. The van der Waals surface area contributed by atoms with Gasteiger partial charge in [-0.2, -0.15) is 5.10 Å². The number of anilines is 1. The second-order valence-electron chi connectivity index (χ2n) is 4.48. The molecular formula is C11H18N4O. The third kappa shape index (κ3) is 2.41. The zero-order valence-electron chi connectivity index (χ0n) is 9.49. The molecule has 1 aromatic heterocycles. The summed E-state index contributed by atoms with van der Waals surface area (Å²) < 4.78 is 0. The van der Waals surface area contributed by atoms with Crippen molar-refractivity contribution in [1.82, 2.24) is 10.2 Å². The van der Waals surface area contributed by atoms with Crippen molar-refractivity contribution in [1.29, 1.82) is 0 Å². The van der Waals surface area contributed by atoms with Crippen LogP contribution < -0.4 is 11.1 Å². The van der Waals surface area contributed by atoms with Crippen LogP contribution in [0.25, 0.3) is 0 Å². The summed E-state index contributed by atoms with van der Waals surface area (Å²) in [5, 5.41) is 9.57. The molecule has 5 heteroatoms. The van der Waals surface area contributed by atoms with E-state index in [1.807, 2.05) is 13.0 Å². The lowest BCUT2D eigenvalue weighted by Gasteiger charge is -2.26. The number of nitrogens with one attached hydrogen (secondary N) is 2. The van der Waals surface area contributed by atoms with E-state index in [0.29, 0.717) is 5.82 Å². The lowest BCUT2D eigenvalue weighted by atomic mass is 9.84. The first-order chi connectivity index (χ1) is 7.66. The minimum Gasteiger partial charge on any atom is -0.327 e. The van der Waals surface area contributed by atoms with Crippen LogP contribution in [0.5, 0.6) is 0 Å². The van der Waals surface area contributed by atoms with Crippen molar-refractivity contribution >= 4 is 11.7 Å². The van der Waals surface area contributed by atoms with Gasteiger partial charge in [0.1, 0.15) is 0 Å². The average Bonchev–Trinajstić information content (AvgIpc) is 2.64. The fourth-order valence-electron chi connectivity index (χ4n) is 2.19. The fraction of sp³-hybridized carbons (Fsp3) is 0.636. The molecule has 2 atom stereocenters. The number of aryl methyl sites for hydroxylation is 1. The Kier molecular flexibility index (Phi) is 3.24. The van der Waals surface area contributed by atoms with Gasteiger partial charge in [0.05, 0.1) is 5.92 Å². The Hall–Kier alpha value is -1.36. The molecule has 0 spiro atoms. The highest BCUT2D eigenvalue weighted by Crippen LogP contribution is 2.24. The molecule has 0 radical (unpaired) electrons. The van der Waals surface area contributed by atoms with Gasteiger partial charge in [0.2, 0.25) is 5.91 Å². The zero-order valence-corrected chi connectivity index (χ0v) is 9.49. The number of hydrogen-bond acceptors (Lipinski definition) is 3. The van der Waals surface area contributed by atoms with E-state index in [4.69, 9.17) is 5.73 Å². The molecule has 0 aromatic carbocycles. The van der Waals surface area contributed by atoms with Crippen molar-refractivity contribution in [3.63, 3.8) is 0 Å². The molecule has 88 valence electrons. The number of carbonyl (C=O) groups is 1. The number of nitrogens with zero attached hydrogens (tertiary/aromatic N) is 1. The highest BCUT2D eigenvalue weighted by atomic mass is 16.2. The molecule has 5 nitrogen and oxygen atoms in total. The summed E-state index contributed by atoms with van der Waals surface area (Å²) in [6.45, 7) is 1.90. The molecule has 2 unspecified atom stereocenters. The highest BCUT2D eigenvalue weighted by molar-refractivity contribution is 5.92. The van der Waals surface area contributed by atoms with Crippen LogP contribution in [0.3, 0.4) is 0 Å². The molecule has 0 bridgehead atoms. The van der Waals surface area contributed by atoms with Gasteiger partial charge in [-0.15, -0.1) is 0 Å². The monoisotopic (exact) mass is 222 g/mol. The van der Waals surface area contributed by atoms with Gasteiger partial charge in [0.25, 0.3) is 0 Å². The summed E-state index contributed by atoms with van der Waals surface area (Å²) in [6, 6.07) is 1.81. The minimum atomic E-state index is -0.0641. The average molecular weight is 222 g/mol. The first-order valence-electron chi connectivity index (χ1n) is 5.75. The quantitative estimate of drug-likeness (QED) is 0.702. The Bertz CT molecular complexity index is 374. The zero-order chi connectivity index (χ0) is 11.5. The summed E-state index contributed by atoms with van der Waals surface area (Å²) in [5.74, 6) is 0.518. The van der Waals surface area contributed by atoms with Crippen molar-refractivity contribution in [3.8, 4) is 0 Å². The number of hydrogen-bond donors (Lipinski definition) is 3. The molecule has 1 aliphatic rings. The van der Waals surface area contributed by atoms with Crippen LogP contribution in [0.4, 0.5) is 5.82 Å². The van der Waals surface area contributed by atoms with E-state index in [1.165, 1.54) is 0 Å². The van der Waals surface area contributed by atoms with Gasteiger partial charge in [0, 0.05) is 17.8 Å². The van der Waals surface area contributed by atoms with Gasteiger partial charge in [-0.3, -0.25) is 9.89 Å². The SMILES string of the molecule is Cc1cc(NC(=O)C2CCCCC2N)n[nH]1. The Balaban J connectivity index is 1.96. The van der Waals surface area contributed by atoms with Crippen LogP contribution in [0, 0.1) is 12.8 Å². The van der Waals surface area contributed by atoms with Crippen molar-refractivity contribution in [2.24, 2.45) is 11.7 Å². The Labute approximate surface area is 94.8 Å². The van der Waals surface area contributed by atoms with Crippen molar-refractivity contribution in [3.05, 3.63) is 11.8 Å². The molecule has 1 aliphatic carbocycles. The van der Waals surface area contributed by atoms with Gasteiger partial charge in [-0.05, 0) is 19.8 Å². The summed E-state index contributed by atoms with van der Waals surface area (Å²) in [5.41, 5.74) is 6.88. The van der Waals surface area contributed by atoms with Crippen LogP contribution in [0.1, 0.15) is 31.4 Å². The normalized spacial score (nSPS) is 25.4. The topological polar surface area (TPSA) is 83.8 Å². The van der Waals surface area contributed by atoms with Gasteiger partial charge in [0.15, 0.2) is 5.82 Å². The molecule has 1 amide bonds. The van der Waals surface area contributed by atoms with Crippen molar-refractivity contribution in [2.45, 2.75) is 38.6 Å². The molecule has 2 rings (SSSR count). The third-order valence-corrected chi connectivity index (χ3v) is 3.11. The molecular weight excluding hydrogens is 204 g/mol. The van der Waals surface area contributed by atoms with E-state index in [1.54, 1.807) is 0 Å². The maximum atomic E-state index is 11.9. The van der Waals surface area contributed by atoms with E-state index in [9.17, 15) is 4.79 Å². The number of aromatic amines is 1. The van der Waals surface area contributed by atoms with Crippen molar-refractivity contribution < 1.29 is 4.79 Å². The number of amides is 1. The first-order valence-corrected chi connectivity index (χ1v) is 5.75. The van der Waals surface area contributed by atoms with Crippen LogP contribution in [0.2, 0.25) is 0 Å². The van der Waals surface area contributed by atoms with E-state index >= 15 is 0 Å². The van der Waals surface area contributed by atoms with Crippen LogP contribution in [0.15, 0.2) is 6.07 Å². The molecule has 0 saturated heterocycles. The number of nitrogens with two attached hydrogens (primary N) is 1. The maximum absolute atomic E-state index is 11.9. The summed E-state index contributed by atoms with van der Waals surface area (Å²) in [4.78, 5) is 11.9. The summed E-state index contributed by atoms with van der Waals surface area (Å²) >= 11 is 0. The first kappa shape index (κ1) is 11.1. The standard InChI is InChI=1S/C11H18N4O/c1-7-6-10(15-14-7)13-11(16)8-4-2-3-5-9(8)12/h6,8-9H,2-5,12H2,1H3,(H2,13,14,15,16). The van der Waals surface area contributed by atoms with Crippen LogP contribution >= 0.6 is 0 Å². The van der Waals surface area contributed by atoms with Crippen LogP contribution in [-0.2, 0) is 4.79 Å². The number of rotatable bonds is 2. The number of carbonyl (C=O) groups excluding carboxylic acids is 1. The lowest BCUT2D eigenvalue weighted by molar-refractivity contribution is -0.121. The van der Waals surface area contributed by atoms with Gasteiger partial charge >= 0.3 is 0 Å². The van der Waals surface area contributed by atoms with Crippen molar-refractivity contribution in [2.75, 3.05) is 5.32 Å². The Morgan fingerprint density at radius 3 is 2.94 bits per heavy atom. The van der Waals surface area contributed by atoms with Gasteiger partial charge < -0.3 is 11.1 Å². The Morgan fingerprint density at radius 2 is 2.31 bits per heavy atom. The predicted molar refractivity (Wildman–Crippen MR) is 61.9 cm³/mol. The molecule has 1 saturated carbocycles. The van der Waals surface area contributed by atoms with Crippen LogP contribution in [-0.4, -0.2) is 22.1 Å². The maximum Gasteiger partial charge on any atom is 0.230 e. The molecule has 16 heavy (non-hydrogen) atoms. The smallest absolute Gasteiger partial charge is 0.230 e. The van der Waals surface area contributed by atoms with E-state index in [-0.39, 0.29) is 17.9 Å². The van der Waals surface area contributed by atoms with E-state index < -0.39 is 0 Å². The third-order valence-electron chi connectivity index (χ3n) is 3.11.